The second kappa shape index (κ2) is 12.7. The molecule has 5 heterocycles. The molecule has 9 nitrogen and oxygen atoms in total. The first-order chi connectivity index (χ1) is 20.1. The fourth-order valence-corrected chi connectivity index (χ4v) is 6.25. The molecule has 0 saturated carbocycles. The highest BCUT2D eigenvalue weighted by Gasteiger charge is 2.40. The van der Waals surface area contributed by atoms with Crippen molar-refractivity contribution < 1.29 is 36.6 Å². The van der Waals surface area contributed by atoms with Gasteiger partial charge in [-0.2, -0.15) is 23.1 Å². The van der Waals surface area contributed by atoms with E-state index in [1.165, 1.54) is 32.6 Å². The van der Waals surface area contributed by atoms with Crippen LogP contribution in [0.5, 0.6) is 6.01 Å². The Labute approximate surface area is 245 Å². The van der Waals surface area contributed by atoms with E-state index in [0.29, 0.717) is 36.3 Å². The van der Waals surface area contributed by atoms with E-state index < -0.39 is 22.9 Å². The number of carbonyl (C=O) groups is 1. The molecule has 2 N–H and O–H groups in total. The van der Waals surface area contributed by atoms with Crippen molar-refractivity contribution in [3.05, 3.63) is 51.4 Å². The first kappa shape index (κ1) is 30.5. The molecular formula is C28H32ClF4N5O4. The predicted molar refractivity (Wildman–Crippen MR) is 147 cm³/mol. The normalized spacial score (nSPS) is 23.7. The first-order valence-corrected chi connectivity index (χ1v) is 14.0. The Hall–Kier alpha value is -3.00. The maximum Gasteiger partial charge on any atom is 0.418 e. The van der Waals surface area contributed by atoms with Crippen LogP contribution in [-0.4, -0.2) is 73.2 Å². The number of hydrogen-bond donors (Lipinski definition) is 1. The lowest BCUT2D eigenvalue weighted by Gasteiger charge is -2.31. The highest BCUT2D eigenvalue weighted by atomic mass is 35.5. The van der Waals surface area contributed by atoms with E-state index in [-0.39, 0.29) is 49.2 Å². The molecule has 4 aliphatic heterocycles. The quantitative estimate of drug-likeness (QED) is 0.391. The number of carbonyl (C=O) groups excluding carboxylic acids is 1. The molecule has 42 heavy (non-hydrogen) atoms. The molecule has 14 heteroatoms. The Balaban J connectivity index is 0.000000295. The van der Waals surface area contributed by atoms with E-state index in [2.05, 4.69) is 14.9 Å². The van der Waals surface area contributed by atoms with Crippen molar-refractivity contribution in [3.8, 4) is 6.01 Å². The summed E-state index contributed by atoms with van der Waals surface area (Å²) in [6.45, 7) is 2.84. The van der Waals surface area contributed by atoms with Crippen molar-refractivity contribution in [2.24, 2.45) is 0 Å². The number of ketones is 1. The Morgan fingerprint density at radius 3 is 2.69 bits per heavy atom. The molecule has 2 unspecified atom stereocenters. The molecule has 228 valence electrons. The second-order valence-corrected chi connectivity index (χ2v) is 11.1. The van der Waals surface area contributed by atoms with E-state index >= 15 is 0 Å². The standard InChI is InChI=1S/C20H20ClF3N4O4.C8H12FN/c1-30-19-26-15-6-16(12-4-10(25)5-14(21)17(12)20(22,23)24)32-9-13(15)18(27-19)28-2-3-31-8-11(29)7-28;9-5-7-4-8-2-1-3-10(8)6-7/h4-5,16H,2-3,6-9,25H2,1H3;5,8H,1-4,6H2/b;7-5-. The molecule has 0 amide bonds. The Kier molecular flexibility index (Phi) is 9.21. The van der Waals surface area contributed by atoms with Crippen molar-refractivity contribution in [2.75, 3.05) is 57.1 Å². The summed E-state index contributed by atoms with van der Waals surface area (Å²) in [6.07, 6.45) is -1.30. The number of nitrogens with zero attached hydrogens (tertiary/aromatic N) is 4. The minimum absolute atomic E-state index is 0.00981. The van der Waals surface area contributed by atoms with Gasteiger partial charge in [-0.05, 0) is 49.1 Å². The van der Waals surface area contributed by atoms with Gasteiger partial charge in [0, 0.05) is 36.8 Å². The third-order valence-corrected chi connectivity index (χ3v) is 8.10. The number of rotatable bonds is 3. The van der Waals surface area contributed by atoms with E-state index in [1.54, 1.807) is 4.90 Å². The maximum absolute atomic E-state index is 13.7. The van der Waals surface area contributed by atoms with Crippen molar-refractivity contribution in [1.29, 1.82) is 0 Å². The molecule has 3 fully saturated rings. The molecular weight excluding hydrogens is 582 g/mol. The van der Waals surface area contributed by atoms with E-state index in [0.717, 1.165) is 30.9 Å². The van der Waals surface area contributed by atoms with E-state index in [1.807, 2.05) is 0 Å². The molecule has 4 aliphatic rings. The minimum Gasteiger partial charge on any atom is -0.467 e. The number of nitrogen functional groups attached to an aromatic ring is 1. The number of aromatic nitrogens is 2. The van der Waals surface area contributed by atoms with Crippen LogP contribution in [0.4, 0.5) is 29.1 Å². The predicted octanol–water partition coefficient (Wildman–Crippen LogP) is 4.67. The summed E-state index contributed by atoms with van der Waals surface area (Å²) in [7, 11) is 1.39. The highest BCUT2D eigenvalue weighted by Crippen LogP contribution is 2.44. The van der Waals surface area contributed by atoms with Gasteiger partial charge in [0.05, 0.1) is 55.6 Å². The zero-order valence-electron chi connectivity index (χ0n) is 23.1. The molecule has 1 aromatic heterocycles. The largest absolute Gasteiger partial charge is 0.467 e. The summed E-state index contributed by atoms with van der Waals surface area (Å²) in [5.74, 6) is 0.318. The molecule has 0 radical (unpaired) electrons. The van der Waals surface area contributed by atoms with Crippen LogP contribution >= 0.6 is 11.6 Å². The van der Waals surface area contributed by atoms with Crippen LogP contribution in [0.3, 0.4) is 0 Å². The third kappa shape index (κ3) is 6.64. The topological polar surface area (TPSA) is 103 Å². The molecule has 0 aliphatic carbocycles. The van der Waals surface area contributed by atoms with Crippen LogP contribution in [0.1, 0.15) is 47.8 Å². The summed E-state index contributed by atoms with van der Waals surface area (Å²) in [5.41, 5.74) is 6.75. The van der Waals surface area contributed by atoms with Gasteiger partial charge in [0.25, 0.3) is 0 Å². The third-order valence-electron chi connectivity index (χ3n) is 7.81. The van der Waals surface area contributed by atoms with Crippen molar-refractivity contribution in [2.45, 2.75) is 50.6 Å². The van der Waals surface area contributed by atoms with Crippen molar-refractivity contribution >= 4 is 28.9 Å². The smallest absolute Gasteiger partial charge is 0.418 e. The monoisotopic (exact) mass is 613 g/mol. The Bertz CT molecular complexity index is 1340. The lowest BCUT2D eigenvalue weighted by atomic mass is 9.94. The zero-order valence-corrected chi connectivity index (χ0v) is 23.8. The first-order valence-electron chi connectivity index (χ1n) is 13.7. The number of fused-ring (bicyclic) bond motifs is 2. The van der Waals surface area contributed by atoms with Crippen molar-refractivity contribution in [3.63, 3.8) is 0 Å². The molecule has 6 rings (SSSR count). The minimum atomic E-state index is -4.69. The van der Waals surface area contributed by atoms with Gasteiger partial charge >= 0.3 is 12.2 Å². The van der Waals surface area contributed by atoms with Gasteiger partial charge in [-0.3, -0.25) is 9.69 Å². The fourth-order valence-electron chi connectivity index (χ4n) is 5.91. The zero-order chi connectivity index (χ0) is 30.0. The summed E-state index contributed by atoms with van der Waals surface area (Å²) in [5, 5.41) is -0.495. The average molecular weight is 614 g/mol. The Morgan fingerprint density at radius 1 is 1.17 bits per heavy atom. The van der Waals surface area contributed by atoms with Crippen LogP contribution in [0.15, 0.2) is 24.0 Å². The molecule has 0 spiro atoms. The molecule has 1 aromatic carbocycles. The molecule has 2 atom stereocenters. The van der Waals surface area contributed by atoms with Crippen LogP contribution < -0.4 is 15.4 Å². The van der Waals surface area contributed by atoms with Gasteiger partial charge in [-0.15, -0.1) is 0 Å². The molecule has 0 bridgehead atoms. The number of benzene rings is 1. The SMILES string of the molecule is COc1nc2c(c(N3CCOCC(=O)C3)n1)COC(c1cc(N)cc(Cl)c1C(F)(F)F)C2.F/C=C1/CC2CCCN2C1. The van der Waals surface area contributed by atoms with Crippen LogP contribution in [-0.2, 0) is 33.5 Å². The van der Waals surface area contributed by atoms with E-state index in [9.17, 15) is 22.4 Å². The summed E-state index contributed by atoms with van der Waals surface area (Å²) >= 11 is 5.89. The average Bonchev–Trinajstić information content (AvgIpc) is 3.48. The van der Waals surface area contributed by atoms with Gasteiger partial charge in [0.2, 0.25) is 0 Å². The van der Waals surface area contributed by atoms with Gasteiger partial charge in [-0.1, -0.05) is 11.6 Å². The van der Waals surface area contributed by atoms with Crippen LogP contribution in [0.2, 0.25) is 5.02 Å². The van der Waals surface area contributed by atoms with Gasteiger partial charge in [-0.25, -0.2) is 4.39 Å². The number of ether oxygens (including phenoxy) is 3. The Morgan fingerprint density at radius 2 is 1.98 bits per heavy atom. The summed E-state index contributed by atoms with van der Waals surface area (Å²) in [4.78, 5) is 24.8. The van der Waals surface area contributed by atoms with Crippen LogP contribution in [0.25, 0.3) is 0 Å². The number of alkyl halides is 3. The second-order valence-electron chi connectivity index (χ2n) is 10.7. The van der Waals surface area contributed by atoms with Gasteiger partial charge in [0.1, 0.15) is 12.4 Å². The summed E-state index contributed by atoms with van der Waals surface area (Å²) in [6, 6.07) is 3.00. The lowest BCUT2D eigenvalue weighted by molar-refractivity contribution is -0.139. The lowest BCUT2D eigenvalue weighted by Crippen LogP contribution is -2.33. The molecule has 3 saturated heterocycles. The number of methoxy groups -OCH3 is 1. The van der Waals surface area contributed by atoms with Crippen LogP contribution in [0, 0.1) is 0 Å². The number of hydrogen-bond acceptors (Lipinski definition) is 9. The maximum atomic E-state index is 13.7. The fraction of sp³-hybridized carbons (Fsp3) is 0.536. The summed E-state index contributed by atoms with van der Waals surface area (Å²) < 4.78 is 69.5. The number of halogens is 5. The highest BCUT2D eigenvalue weighted by molar-refractivity contribution is 6.31. The molecule has 2 aromatic rings. The van der Waals surface area contributed by atoms with Crippen molar-refractivity contribution in [1.82, 2.24) is 14.9 Å². The number of nitrogens with two attached hydrogens (primary N) is 1. The number of anilines is 2. The van der Waals surface area contributed by atoms with E-state index in [4.69, 9.17) is 31.5 Å². The number of Topliss-reactive ketones (excluding diaryl/α,β-unsaturated/α-hetero) is 1. The van der Waals surface area contributed by atoms with Gasteiger partial charge < -0.3 is 24.8 Å². The van der Waals surface area contributed by atoms with Gasteiger partial charge in [0.15, 0.2) is 5.78 Å².